The summed E-state index contributed by atoms with van der Waals surface area (Å²) in [7, 11) is 0. The lowest BCUT2D eigenvalue weighted by Crippen LogP contribution is -2.45. The van der Waals surface area contributed by atoms with Crippen LogP contribution in [0.15, 0.2) is 0 Å². The average molecular weight is 281 g/mol. The quantitative estimate of drug-likeness (QED) is 0.767. The molecule has 0 aromatic carbocycles. The second-order valence-corrected chi connectivity index (χ2v) is 7.64. The summed E-state index contributed by atoms with van der Waals surface area (Å²) in [6.07, 6.45) is 13.6. The molecule has 2 N–H and O–H groups in total. The molecule has 2 rings (SSSR count). The van der Waals surface area contributed by atoms with Gasteiger partial charge in [-0.2, -0.15) is 0 Å². The van der Waals surface area contributed by atoms with Gasteiger partial charge in [-0.15, -0.1) is 0 Å². The van der Waals surface area contributed by atoms with Gasteiger partial charge in [0, 0.05) is 12.6 Å². The molecule has 0 aliphatic heterocycles. The molecule has 0 bridgehead atoms. The van der Waals surface area contributed by atoms with Crippen LogP contribution in [0.2, 0.25) is 0 Å². The molecule has 2 aliphatic rings. The molecule has 20 heavy (non-hydrogen) atoms. The monoisotopic (exact) mass is 281 g/mol. The highest BCUT2D eigenvalue weighted by molar-refractivity contribution is 4.87. The maximum absolute atomic E-state index is 10.1. The van der Waals surface area contributed by atoms with Gasteiger partial charge >= 0.3 is 0 Å². The summed E-state index contributed by atoms with van der Waals surface area (Å²) in [6.45, 7) is 5.18. The predicted octanol–water partition coefficient (Wildman–Crippen LogP) is 4.12. The largest absolute Gasteiger partial charge is 0.392 e. The van der Waals surface area contributed by atoms with E-state index in [0.29, 0.717) is 12.0 Å². The summed E-state index contributed by atoms with van der Waals surface area (Å²) in [5.74, 6) is 2.44. The second kappa shape index (κ2) is 8.38. The maximum Gasteiger partial charge on any atom is 0.0667 e. The van der Waals surface area contributed by atoms with Gasteiger partial charge in [-0.3, -0.25) is 0 Å². The van der Waals surface area contributed by atoms with Crippen LogP contribution in [-0.2, 0) is 0 Å². The van der Waals surface area contributed by atoms with Crippen molar-refractivity contribution in [3.8, 4) is 0 Å². The number of hydrogen-bond acceptors (Lipinski definition) is 2. The molecular formula is C18H35NO. The first-order valence-electron chi connectivity index (χ1n) is 9.08. The third kappa shape index (κ3) is 5.04. The molecule has 2 aliphatic carbocycles. The van der Waals surface area contributed by atoms with Crippen LogP contribution >= 0.6 is 0 Å². The van der Waals surface area contributed by atoms with E-state index in [1.165, 1.54) is 57.8 Å². The average Bonchev–Trinajstić information content (AvgIpc) is 2.46. The van der Waals surface area contributed by atoms with Gasteiger partial charge < -0.3 is 10.4 Å². The van der Waals surface area contributed by atoms with Gasteiger partial charge in [-0.05, 0) is 37.0 Å². The minimum absolute atomic E-state index is 0.163. The first-order chi connectivity index (χ1) is 9.66. The highest BCUT2D eigenvalue weighted by Crippen LogP contribution is 2.38. The summed E-state index contributed by atoms with van der Waals surface area (Å²) < 4.78 is 0. The Morgan fingerprint density at radius 3 is 2.30 bits per heavy atom. The van der Waals surface area contributed by atoms with E-state index in [-0.39, 0.29) is 6.10 Å². The molecule has 0 saturated heterocycles. The van der Waals surface area contributed by atoms with Gasteiger partial charge in [0.1, 0.15) is 0 Å². The molecule has 2 nitrogen and oxygen atoms in total. The fourth-order valence-electron chi connectivity index (χ4n) is 4.45. The Balaban J connectivity index is 1.80. The zero-order valence-corrected chi connectivity index (χ0v) is 13.6. The number of rotatable bonds is 6. The zero-order valence-electron chi connectivity index (χ0n) is 13.6. The van der Waals surface area contributed by atoms with Gasteiger partial charge in [0.25, 0.3) is 0 Å². The van der Waals surface area contributed by atoms with E-state index in [4.69, 9.17) is 0 Å². The Morgan fingerprint density at radius 2 is 1.60 bits per heavy atom. The molecule has 0 heterocycles. The van der Waals surface area contributed by atoms with Crippen molar-refractivity contribution in [3.05, 3.63) is 0 Å². The van der Waals surface area contributed by atoms with E-state index in [1.54, 1.807) is 0 Å². The van der Waals surface area contributed by atoms with Gasteiger partial charge in [0.15, 0.2) is 0 Å². The van der Waals surface area contributed by atoms with Crippen LogP contribution in [-0.4, -0.2) is 23.8 Å². The predicted molar refractivity (Wildman–Crippen MR) is 85.8 cm³/mol. The Bertz CT molecular complexity index is 260. The Hall–Kier alpha value is -0.0800. The van der Waals surface area contributed by atoms with Crippen molar-refractivity contribution in [2.24, 2.45) is 17.8 Å². The number of aliphatic hydroxyl groups excluding tert-OH is 1. The fraction of sp³-hybridized carbons (Fsp3) is 1.00. The van der Waals surface area contributed by atoms with Crippen LogP contribution < -0.4 is 5.32 Å². The van der Waals surface area contributed by atoms with Crippen molar-refractivity contribution in [3.63, 3.8) is 0 Å². The normalized spacial score (nSPS) is 30.6. The summed E-state index contributed by atoms with van der Waals surface area (Å²) in [5.41, 5.74) is 0. The van der Waals surface area contributed by atoms with Crippen molar-refractivity contribution >= 4 is 0 Å². The van der Waals surface area contributed by atoms with Crippen molar-refractivity contribution in [2.75, 3.05) is 6.54 Å². The summed E-state index contributed by atoms with van der Waals surface area (Å²) in [4.78, 5) is 0. The zero-order chi connectivity index (χ0) is 14.4. The third-order valence-corrected chi connectivity index (χ3v) is 5.43. The van der Waals surface area contributed by atoms with E-state index >= 15 is 0 Å². The van der Waals surface area contributed by atoms with Crippen LogP contribution in [0.3, 0.4) is 0 Å². The molecule has 2 saturated carbocycles. The maximum atomic E-state index is 10.1. The topological polar surface area (TPSA) is 32.3 Å². The summed E-state index contributed by atoms with van der Waals surface area (Å²) in [5, 5.41) is 13.8. The molecule has 3 unspecified atom stereocenters. The molecule has 0 radical (unpaired) electrons. The smallest absolute Gasteiger partial charge is 0.0667 e. The molecule has 2 fully saturated rings. The molecule has 0 aromatic rings. The van der Waals surface area contributed by atoms with Crippen LogP contribution in [0.5, 0.6) is 0 Å². The van der Waals surface area contributed by atoms with Crippen LogP contribution in [0.1, 0.15) is 78.1 Å². The van der Waals surface area contributed by atoms with E-state index in [2.05, 4.69) is 19.2 Å². The highest BCUT2D eigenvalue weighted by atomic mass is 16.3. The van der Waals surface area contributed by atoms with Gasteiger partial charge in [-0.1, -0.05) is 58.8 Å². The van der Waals surface area contributed by atoms with Crippen LogP contribution in [0.25, 0.3) is 0 Å². The van der Waals surface area contributed by atoms with E-state index < -0.39 is 0 Å². The fourth-order valence-corrected chi connectivity index (χ4v) is 4.45. The Kier molecular flexibility index (Phi) is 6.83. The summed E-state index contributed by atoms with van der Waals surface area (Å²) >= 11 is 0. The number of nitrogens with one attached hydrogen (secondary N) is 1. The lowest BCUT2D eigenvalue weighted by Gasteiger charge is -2.40. The van der Waals surface area contributed by atoms with Crippen molar-refractivity contribution in [2.45, 2.75) is 90.2 Å². The minimum atomic E-state index is -0.163. The Morgan fingerprint density at radius 1 is 0.950 bits per heavy atom. The molecular weight excluding hydrogens is 246 g/mol. The van der Waals surface area contributed by atoms with Crippen LogP contribution in [0, 0.1) is 17.8 Å². The Labute approximate surface area is 125 Å². The highest BCUT2D eigenvalue weighted by Gasteiger charge is 2.32. The molecule has 118 valence electrons. The first-order valence-corrected chi connectivity index (χ1v) is 9.08. The molecule has 2 heteroatoms. The van der Waals surface area contributed by atoms with Gasteiger partial charge in [0.2, 0.25) is 0 Å². The van der Waals surface area contributed by atoms with Gasteiger partial charge in [0.05, 0.1) is 6.10 Å². The molecule has 0 spiro atoms. The standard InChI is InChI=1S/C18H35NO/c1-14(2)12-16(20)13-19-18-11-7-6-10-17(18)15-8-4-3-5-9-15/h14-20H,3-13H2,1-2H3. The van der Waals surface area contributed by atoms with Crippen molar-refractivity contribution < 1.29 is 5.11 Å². The van der Waals surface area contributed by atoms with E-state index in [0.717, 1.165) is 24.8 Å². The lowest BCUT2D eigenvalue weighted by atomic mass is 9.71. The van der Waals surface area contributed by atoms with Crippen molar-refractivity contribution in [1.82, 2.24) is 5.32 Å². The molecule has 3 atom stereocenters. The number of hydrogen-bond donors (Lipinski definition) is 2. The van der Waals surface area contributed by atoms with Crippen LogP contribution in [0.4, 0.5) is 0 Å². The van der Waals surface area contributed by atoms with Gasteiger partial charge in [-0.25, -0.2) is 0 Å². The lowest BCUT2D eigenvalue weighted by molar-refractivity contribution is 0.112. The second-order valence-electron chi connectivity index (χ2n) is 7.64. The number of aliphatic hydroxyl groups is 1. The molecule has 0 amide bonds. The SMILES string of the molecule is CC(C)CC(O)CNC1CCCCC1C1CCCCC1. The molecule has 0 aromatic heterocycles. The first kappa shape index (κ1) is 16.3. The minimum Gasteiger partial charge on any atom is -0.392 e. The summed E-state index contributed by atoms with van der Waals surface area (Å²) in [6, 6.07) is 0.675. The third-order valence-electron chi connectivity index (χ3n) is 5.43. The van der Waals surface area contributed by atoms with E-state index in [9.17, 15) is 5.11 Å². The van der Waals surface area contributed by atoms with Crippen molar-refractivity contribution in [1.29, 1.82) is 0 Å². The van der Waals surface area contributed by atoms with E-state index in [1.807, 2.05) is 0 Å².